The van der Waals surface area contributed by atoms with Gasteiger partial charge in [0.15, 0.2) is 0 Å². The van der Waals surface area contributed by atoms with E-state index in [9.17, 15) is 19.1 Å². The van der Waals surface area contributed by atoms with Gasteiger partial charge in [-0.3, -0.25) is 4.79 Å². The number of hydrogen-bond acceptors (Lipinski definition) is 3. The van der Waals surface area contributed by atoms with E-state index in [0.29, 0.717) is 17.1 Å². The molecule has 142 valence electrons. The third kappa shape index (κ3) is 3.00. The Morgan fingerprint density at radius 1 is 1.25 bits per heavy atom. The van der Waals surface area contributed by atoms with Crippen molar-refractivity contribution in [1.29, 1.82) is 0 Å². The van der Waals surface area contributed by atoms with Gasteiger partial charge in [0.1, 0.15) is 17.1 Å². The summed E-state index contributed by atoms with van der Waals surface area (Å²) in [5.74, 6) is -1.54. The Balaban J connectivity index is 1.95. The highest BCUT2D eigenvalue weighted by atomic mass is 19.1. The number of aromatic carboxylic acids is 1. The fraction of sp³-hybridized carbons (Fsp3) is 0.143. The zero-order chi connectivity index (χ0) is 19.8. The van der Waals surface area contributed by atoms with E-state index in [1.54, 1.807) is 29.9 Å². The fourth-order valence-corrected chi connectivity index (χ4v) is 3.58. The van der Waals surface area contributed by atoms with Gasteiger partial charge < -0.3 is 19.7 Å². The number of carbonyl (C=O) groups is 2. The van der Waals surface area contributed by atoms with Crippen molar-refractivity contribution >= 4 is 17.6 Å². The molecule has 0 aliphatic carbocycles. The number of anilines is 1. The Morgan fingerprint density at radius 3 is 2.68 bits per heavy atom. The number of benzene rings is 2. The third-order valence-corrected chi connectivity index (χ3v) is 4.86. The van der Waals surface area contributed by atoms with Gasteiger partial charge >= 0.3 is 5.97 Å². The Morgan fingerprint density at radius 2 is 2.00 bits per heavy atom. The highest BCUT2D eigenvalue weighted by molar-refractivity contribution is 6.04. The normalized spacial score (nSPS) is 15.6. The van der Waals surface area contributed by atoms with Crippen molar-refractivity contribution in [2.24, 2.45) is 0 Å². The summed E-state index contributed by atoms with van der Waals surface area (Å²) in [5.41, 5.74) is 2.32. The van der Waals surface area contributed by atoms with Gasteiger partial charge in [-0.05, 0) is 42.0 Å². The molecule has 1 amide bonds. The standard InChI is InChI=1S/C21H17FN2O4/c1-28-15-4-2-3-12(9-15)16-10-18(25)23-19-17(21(26)27)11-24(20(16)19)14-7-5-13(22)6-8-14/h2-9,11,16H,10H2,1H3,(H,23,25)(H,26,27)/t16-/m1/s1. The van der Waals surface area contributed by atoms with Crippen LogP contribution in [-0.4, -0.2) is 28.7 Å². The van der Waals surface area contributed by atoms with Gasteiger partial charge in [-0.2, -0.15) is 0 Å². The van der Waals surface area contributed by atoms with Gasteiger partial charge in [0.25, 0.3) is 0 Å². The summed E-state index contributed by atoms with van der Waals surface area (Å²) in [6, 6.07) is 13.1. The first kappa shape index (κ1) is 17.8. The minimum atomic E-state index is -1.15. The molecule has 1 aromatic heterocycles. The highest BCUT2D eigenvalue weighted by Crippen LogP contribution is 2.42. The number of nitrogens with one attached hydrogen (secondary N) is 1. The molecule has 0 radical (unpaired) electrons. The van der Waals surface area contributed by atoms with Crippen molar-refractivity contribution in [1.82, 2.24) is 4.57 Å². The van der Waals surface area contributed by atoms with Gasteiger partial charge in [-0.15, -0.1) is 0 Å². The Kier molecular flexibility index (Phi) is 4.35. The molecular formula is C21H17FN2O4. The first-order valence-corrected chi connectivity index (χ1v) is 8.66. The molecule has 28 heavy (non-hydrogen) atoms. The zero-order valence-corrected chi connectivity index (χ0v) is 15.0. The van der Waals surface area contributed by atoms with E-state index in [1.165, 1.54) is 18.3 Å². The van der Waals surface area contributed by atoms with E-state index in [-0.39, 0.29) is 35.3 Å². The first-order valence-electron chi connectivity index (χ1n) is 8.66. The lowest BCUT2D eigenvalue weighted by Crippen LogP contribution is -2.25. The minimum Gasteiger partial charge on any atom is -0.497 e. The molecule has 2 N–H and O–H groups in total. The number of halogens is 1. The first-order chi connectivity index (χ1) is 13.5. The average Bonchev–Trinajstić information content (AvgIpc) is 3.07. The van der Waals surface area contributed by atoms with Crippen LogP contribution in [0.4, 0.5) is 10.1 Å². The van der Waals surface area contributed by atoms with Crippen LogP contribution in [0.25, 0.3) is 5.69 Å². The predicted octanol–water partition coefficient (Wildman–Crippen LogP) is 3.80. The maximum atomic E-state index is 13.4. The van der Waals surface area contributed by atoms with Crippen molar-refractivity contribution in [2.45, 2.75) is 12.3 Å². The molecule has 1 aliphatic heterocycles. The van der Waals surface area contributed by atoms with Crippen molar-refractivity contribution in [2.75, 3.05) is 12.4 Å². The van der Waals surface area contributed by atoms with Crippen LogP contribution in [0.5, 0.6) is 5.75 Å². The molecule has 7 heteroatoms. The molecule has 0 saturated heterocycles. The third-order valence-electron chi connectivity index (χ3n) is 4.86. The lowest BCUT2D eigenvalue weighted by molar-refractivity contribution is -0.116. The monoisotopic (exact) mass is 380 g/mol. The summed E-state index contributed by atoms with van der Waals surface area (Å²) in [4.78, 5) is 24.1. The summed E-state index contributed by atoms with van der Waals surface area (Å²) in [5, 5.41) is 12.3. The SMILES string of the molecule is COc1cccc([C@H]2CC(=O)Nc3c(C(=O)O)cn(-c4ccc(F)cc4)c32)c1. The second-order valence-electron chi connectivity index (χ2n) is 6.54. The van der Waals surface area contributed by atoms with Crippen LogP contribution in [0.1, 0.15) is 34.0 Å². The van der Waals surface area contributed by atoms with Crippen molar-refractivity contribution in [3.8, 4) is 11.4 Å². The summed E-state index contributed by atoms with van der Waals surface area (Å²) < 4.78 is 20.4. The van der Waals surface area contributed by atoms with Crippen molar-refractivity contribution in [3.63, 3.8) is 0 Å². The largest absolute Gasteiger partial charge is 0.497 e. The molecule has 1 atom stereocenters. The van der Waals surface area contributed by atoms with Crippen LogP contribution in [0.15, 0.2) is 54.7 Å². The number of nitrogens with zero attached hydrogens (tertiary/aromatic N) is 1. The number of methoxy groups -OCH3 is 1. The van der Waals surface area contributed by atoms with Crippen LogP contribution >= 0.6 is 0 Å². The number of carboxylic acids is 1. The molecule has 2 aromatic carbocycles. The second kappa shape index (κ2) is 6.84. The molecule has 2 heterocycles. The lowest BCUT2D eigenvalue weighted by atomic mass is 9.88. The van der Waals surface area contributed by atoms with Gasteiger partial charge in [0.2, 0.25) is 5.91 Å². The predicted molar refractivity (Wildman–Crippen MR) is 101 cm³/mol. The number of hydrogen-bond donors (Lipinski definition) is 2. The van der Waals surface area contributed by atoms with Gasteiger partial charge in [0, 0.05) is 24.2 Å². The second-order valence-corrected chi connectivity index (χ2v) is 6.54. The lowest BCUT2D eigenvalue weighted by Gasteiger charge is -2.26. The molecular weight excluding hydrogens is 363 g/mol. The van der Waals surface area contributed by atoms with Crippen LogP contribution < -0.4 is 10.1 Å². The topological polar surface area (TPSA) is 80.6 Å². The molecule has 0 saturated carbocycles. The average molecular weight is 380 g/mol. The van der Waals surface area contributed by atoms with Crippen LogP contribution in [0.2, 0.25) is 0 Å². The van der Waals surface area contributed by atoms with E-state index >= 15 is 0 Å². The number of amides is 1. The van der Waals surface area contributed by atoms with Gasteiger partial charge in [-0.1, -0.05) is 12.1 Å². The van der Waals surface area contributed by atoms with E-state index < -0.39 is 5.97 Å². The number of carboxylic acid groups (broad SMARTS) is 1. The van der Waals surface area contributed by atoms with Crippen LogP contribution in [0, 0.1) is 5.82 Å². The maximum absolute atomic E-state index is 13.4. The molecule has 0 fully saturated rings. The molecule has 1 aliphatic rings. The van der Waals surface area contributed by atoms with Crippen molar-refractivity contribution in [3.05, 3.63) is 77.4 Å². The van der Waals surface area contributed by atoms with E-state index in [0.717, 1.165) is 5.56 Å². The van der Waals surface area contributed by atoms with Crippen LogP contribution in [-0.2, 0) is 4.79 Å². The Hall–Kier alpha value is -3.61. The molecule has 6 nitrogen and oxygen atoms in total. The maximum Gasteiger partial charge on any atom is 0.339 e. The van der Waals surface area contributed by atoms with Crippen molar-refractivity contribution < 1.29 is 23.8 Å². The quantitative estimate of drug-likeness (QED) is 0.722. The molecule has 0 bridgehead atoms. The summed E-state index contributed by atoms with van der Waals surface area (Å²) in [6.45, 7) is 0. The molecule has 0 spiro atoms. The number of rotatable bonds is 4. The zero-order valence-electron chi connectivity index (χ0n) is 15.0. The van der Waals surface area contributed by atoms with Crippen LogP contribution in [0.3, 0.4) is 0 Å². The summed E-state index contributed by atoms with van der Waals surface area (Å²) in [6.07, 6.45) is 1.61. The minimum absolute atomic E-state index is 0.0136. The number of carbonyl (C=O) groups excluding carboxylic acids is 1. The number of fused-ring (bicyclic) bond motifs is 1. The van der Waals surface area contributed by atoms with Gasteiger partial charge in [0.05, 0.1) is 18.5 Å². The molecule has 3 aromatic rings. The van der Waals surface area contributed by atoms with E-state index in [2.05, 4.69) is 5.32 Å². The smallest absolute Gasteiger partial charge is 0.339 e. The van der Waals surface area contributed by atoms with Gasteiger partial charge in [-0.25, -0.2) is 9.18 Å². The fourth-order valence-electron chi connectivity index (χ4n) is 3.58. The number of aromatic nitrogens is 1. The summed E-state index contributed by atoms with van der Waals surface area (Å²) in [7, 11) is 1.56. The Bertz CT molecular complexity index is 1070. The molecule has 4 rings (SSSR count). The number of ether oxygens (including phenoxy) is 1. The highest BCUT2D eigenvalue weighted by Gasteiger charge is 2.34. The van der Waals surface area contributed by atoms with E-state index in [1.807, 2.05) is 18.2 Å². The van der Waals surface area contributed by atoms with E-state index in [4.69, 9.17) is 4.74 Å². The molecule has 0 unspecified atom stereocenters. The summed E-state index contributed by atoms with van der Waals surface area (Å²) >= 11 is 0. The Labute approximate surface area is 160 Å².